The molecule has 5 rings (SSSR count). The number of aromatic nitrogens is 1. The number of thiazole rings is 1. The van der Waals surface area contributed by atoms with Gasteiger partial charge in [-0.1, -0.05) is 28.5 Å². The number of nitrogen functional groups attached to an aromatic ring is 1. The lowest BCUT2D eigenvalue weighted by Crippen LogP contribution is -2.68. The SMILES string of the molecule is CC(C)(O/N=C(\C(=O)N[C@@H]1C(=O)N2C[C@@](C(=O)O)(N3CCN(NC(=O)C(CO)NC(=O)C(=O)c4ccc(O)c(O)c4Cl)C3=O)S[C@H]12)c1csc(N)n1)C(=O)O. The van der Waals surface area contributed by atoms with Gasteiger partial charge in [0.1, 0.15) is 23.2 Å². The van der Waals surface area contributed by atoms with Crippen molar-refractivity contribution in [3.63, 3.8) is 0 Å². The van der Waals surface area contributed by atoms with Crippen LogP contribution < -0.4 is 21.8 Å². The molecule has 1 aromatic carbocycles. The summed E-state index contributed by atoms with van der Waals surface area (Å²) in [7, 11) is 0. The number of fused-ring (bicyclic) bond motifs is 1. The minimum absolute atomic E-state index is 0.0293. The molecule has 1 aromatic heterocycles. The first-order valence-corrected chi connectivity index (χ1v) is 17.7. The predicted molar refractivity (Wildman–Crippen MR) is 186 cm³/mol. The first-order valence-electron chi connectivity index (χ1n) is 15.5. The first kappa shape index (κ1) is 40.3. The first-order chi connectivity index (χ1) is 25.7. The molecular weight excluding hydrogens is 798 g/mol. The number of phenolic OH excluding ortho intramolecular Hbond substituents is 2. The van der Waals surface area contributed by atoms with E-state index in [0.29, 0.717) is 16.8 Å². The number of halogens is 1. The van der Waals surface area contributed by atoms with Gasteiger partial charge in [-0.2, -0.15) is 0 Å². The number of thioether (sulfide) groups is 1. The van der Waals surface area contributed by atoms with Crippen molar-refractivity contribution in [2.45, 2.75) is 41.8 Å². The number of carboxylic acid groups (broad SMARTS) is 2. The highest BCUT2D eigenvalue weighted by atomic mass is 35.5. The van der Waals surface area contributed by atoms with Crippen molar-refractivity contribution in [3.8, 4) is 11.5 Å². The minimum atomic E-state index is -2.13. The summed E-state index contributed by atoms with van der Waals surface area (Å²) >= 11 is 7.40. The average molecular weight is 828 g/mol. The van der Waals surface area contributed by atoms with Crippen LogP contribution >= 0.6 is 34.7 Å². The molecule has 23 nitrogen and oxygen atoms in total. The molecule has 3 aliphatic rings. The van der Waals surface area contributed by atoms with Crippen molar-refractivity contribution in [2.24, 2.45) is 5.16 Å². The number of anilines is 1. The second-order valence-electron chi connectivity index (χ2n) is 12.3. The number of ketones is 1. The molecule has 3 aliphatic heterocycles. The van der Waals surface area contributed by atoms with Crippen molar-refractivity contribution in [2.75, 3.05) is 32.0 Å². The standard InChI is InChI=1S/C29H30ClN9O14S2/c1-28(2,24(48)49)53-36-15(12-8-54-26(31)33-12)20(45)34-16-22(47)37-9-29(25(50)51,55-23(16)37)38-5-6-39(27(38)52)35-19(44)11(7-40)32-21(46)17(42)10-3-4-13(41)18(43)14(10)30/h3-4,8,11,16,23,40-41,43H,5-7,9H2,1-2H3,(H2,31,33)(H,32,46)(H,34,45)(H,35,44)(H,48,49)(H,50,51)/b36-15-/t11?,16-,23-,29-/m1/s1. The zero-order valence-electron chi connectivity index (χ0n) is 28.2. The summed E-state index contributed by atoms with van der Waals surface area (Å²) in [5.74, 6) is -10.3. The Balaban J connectivity index is 1.26. The smallest absolute Gasteiger partial charge is 0.350 e. The number of β-lactam (4-membered cyclic amide) rings is 1. The number of aliphatic carboxylic acids is 2. The van der Waals surface area contributed by atoms with Gasteiger partial charge in [-0.15, -0.1) is 11.3 Å². The lowest BCUT2D eigenvalue weighted by molar-refractivity contribution is -0.161. The Kier molecular flexibility index (Phi) is 11.0. The molecular formula is C29H30ClN9O14S2. The zero-order chi connectivity index (χ0) is 40.7. The molecule has 0 radical (unpaired) electrons. The van der Waals surface area contributed by atoms with Gasteiger partial charge < -0.3 is 51.6 Å². The minimum Gasteiger partial charge on any atom is -0.504 e. The van der Waals surface area contributed by atoms with Gasteiger partial charge in [0.25, 0.3) is 23.5 Å². The van der Waals surface area contributed by atoms with E-state index in [9.17, 15) is 63.9 Å². The number of hydrogen-bond donors (Lipinski definition) is 9. The molecule has 294 valence electrons. The molecule has 6 amide bonds. The Bertz CT molecular complexity index is 2050. The number of carbonyl (C=O) groups is 8. The molecule has 4 heterocycles. The van der Waals surface area contributed by atoms with Crippen molar-refractivity contribution in [1.29, 1.82) is 0 Å². The highest BCUT2D eigenvalue weighted by Crippen LogP contribution is 2.49. The van der Waals surface area contributed by atoms with E-state index >= 15 is 0 Å². The van der Waals surface area contributed by atoms with Gasteiger partial charge in [0.2, 0.25) is 16.4 Å². The Morgan fingerprint density at radius 1 is 1.15 bits per heavy atom. The van der Waals surface area contributed by atoms with Crippen molar-refractivity contribution in [1.82, 2.24) is 35.9 Å². The number of benzene rings is 1. The van der Waals surface area contributed by atoms with Gasteiger partial charge >= 0.3 is 18.0 Å². The summed E-state index contributed by atoms with van der Waals surface area (Å²) in [6.07, 6.45) is 0. The molecule has 0 saturated carbocycles. The lowest BCUT2D eigenvalue weighted by Gasteiger charge is -2.41. The number of nitrogens with two attached hydrogens (primary N) is 1. The van der Waals surface area contributed by atoms with E-state index in [1.54, 1.807) is 0 Å². The van der Waals surface area contributed by atoms with E-state index in [1.807, 2.05) is 5.32 Å². The molecule has 3 fully saturated rings. The number of nitrogens with one attached hydrogen (secondary N) is 3. The summed E-state index contributed by atoms with van der Waals surface area (Å²) in [5.41, 5.74) is 4.76. The van der Waals surface area contributed by atoms with Crippen LogP contribution in [0.25, 0.3) is 0 Å². The number of aliphatic hydroxyl groups excluding tert-OH is 1. The van der Waals surface area contributed by atoms with Crippen LogP contribution in [-0.2, 0) is 33.6 Å². The summed E-state index contributed by atoms with van der Waals surface area (Å²) in [6, 6.07) is -2.41. The second-order valence-corrected chi connectivity index (χ2v) is 15.0. The third kappa shape index (κ3) is 7.45. The molecule has 4 atom stereocenters. The normalized spacial score (nSPS) is 21.4. The van der Waals surface area contributed by atoms with Crippen LogP contribution in [-0.4, -0.2) is 153 Å². The average Bonchev–Trinajstić information content (AvgIpc) is 3.83. The van der Waals surface area contributed by atoms with Crippen molar-refractivity contribution in [3.05, 3.63) is 33.8 Å². The van der Waals surface area contributed by atoms with Crippen LogP contribution in [0.15, 0.2) is 22.7 Å². The number of rotatable bonds is 14. The van der Waals surface area contributed by atoms with E-state index in [-0.39, 0.29) is 23.9 Å². The van der Waals surface area contributed by atoms with Gasteiger partial charge in [0.05, 0.1) is 30.3 Å². The number of phenols is 2. The van der Waals surface area contributed by atoms with Crippen LogP contribution in [0, 0.1) is 0 Å². The summed E-state index contributed by atoms with van der Waals surface area (Å²) < 4.78 is 0. The molecule has 3 saturated heterocycles. The summed E-state index contributed by atoms with van der Waals surface area (Å²) in [6.45, 7) is 0.109. The van der Waals surface area contributed by atoms with Crippen LogP contribution in [0.5, 0.6) is 11.5 Å². The zero-order valence-corrected chi connectivity index (χ0v) is 30.6. The fourth-order valence-electron chi connectivity index (χ4n) is 5.27. The van der Waals surface area contributed by atoms with Gasteiger partial charge in [-0.25, -0.2) is 24.4 Å². The number of nitrogens with zero attached hydrogens (tertiary/aromatic N) is 5. The number of urea groups is 1. The Labute approximate surface area is 321 Å². The molecule has 10 N–H and O–H groups in total. The quantitative estimate of drug-likeness (QED) is 0.0241. The fraction of sp³-hybridized carbons (Fsp3) is 0.379. The van der Waals surface area contributed by atoms with Crippen LogP contribution in [0.1, 0.15) is 29.9 Å². The van der Waals surface area contributed by atoms with E-state index in [4.69, 9.17) is 22.2 Å². The third-order valence-corrected chi connectivity index (χ3v) is 11.1. The number of aromatic hydroxyl groups is 2. The van der Waals surface area contributed by atoms with E-state index in [0.717, 1.165) is 33.3 Å². The van der Waals surface area contributed by atoms with Gasteiger partial charge in [0.15, 0.2) is 22.3 Å². The van der Waals surface area contributed by atoms with E-state index < -0.39 is 116 Å². The highest BCUT2D eigenvalue weighted by molar-refractivity contribution is 8.02. The lowest BCUT2D eigenvalue weighted by atomic mass is 10.1. The number of hydrazine groups is 1. The largest absolute Gasteiger partial charge is 0.504 e. The molecule has 0 aliphatic carbocycles. The Morgan fingerprint density at radius 2 is 1.84 bits per heavy atom. The maximum atomic E-state index is 13.5. The Morgan fingerprint density at radius 3 is 2.44 bits per heavy atom. The third-order valence-electron chi connectivity index (χ3n) is 8.36. The molecule has 2 aromatic rings. The second kappa shape index (κ2) is 15.1. The summed E-state index contributed by atoms with van der Waals surface area (Å²) in [4.78, 5) is 111. The monoisotopic (exact) mass is 827 g/mol. The van der Waals surface area contributed by atoms with Gasteiger partial charge in [-0.3, -0.25) is 34.3 Å². The Hall–Kier alpha value is -5.92. The number of Topliss-reactive ketones (excluding diaryl/α,β-unsaturated/α-hetero) is 1. The molecule has 0 bridgehead atoms. The number of carboxylic acids is 2. The maximum Gasteiger partial charge on any atom is 0.350 e. The maximum absolute atomic E-state index is 13.5. The summed E-state index contributed by atoms with van der Waals surface area (Å²) in [5, 5.41) is 57.2. The number of aliphatic hydroxyl groups is 1. The molecule has 0 spiro atoms. The number of hydrogen-bond acceptors (Lipinski definition) is 17. The van der Waals surface area contributed by atoms with Gasteiger partial charge in [0, 0.05) is 11.9 Å². The number of oxime groups is 1. The van der Waals surface area contributed by atoms with Crippen LogP contribution in [0.3, 0.4) is 0 Å². The van der Waals surface area contributed by atoms with Crippen molar-refractivity contribution < 1.29 is 68.7 Å². The molecule has 55 heavy (non-hydrogen) atoms. The number of carbonyl (C=O) groups excluding carboxylic acids is 6. The topological polar surface area (TPSA) is 344 Å². The molecule has 26 heteroatoms. The van der Waals surface area contributed by atoms with Gasteiger partial charge in [-0.05, 0) is 26.0 Å². The highest BCUT2D eigenvalue weighted by Gasteiger charge is 2.66. The number of amides is 6. The van der Waals surface area contributed by atoms with Crippen LogP contribution in [0.2, 0.25) is 5.02 Å². The van der Waals surface area contributed by atoms with E-state index in [1.165, 1.54) is 19.2 Å². The van der Waals surface area contributed by atoms with E-state index in [2.05, 4.69) is 20.9 Å². The fourth-order valence-corrected chi connectivity index (χ4v) is 7.70. The molecule has 1 unspecified atom stereocenters. The van der Waals surface area contributed by atoms with Crippen LogP contribution in [0.4, 0.5) is 9.93 Å². The predicted octanol–water partition coefficient (Wildman–Crippen LogP) is -2.32. The van der Waals surface area contributed by atoms with Crippen molar-refractivity contribution >= 4 is 92.9 Å².